The van der Waals surface area contributed by atoms with Gasteiger partial charge in [-0.15, -0.1) is 0 Å². The number of carbonyl (C=O) groups is 1. The number of hydrogen-bond donors (Lipinski definition) is 2. The van der Waals surface area contributed by atoms with E-state index in [-0.39, 0.29) is 17.8 Å². The molecule has 0 saturated heterocycles. The number of nitrogens with zero attached hydrogens (tertiary/aromatic N) is 5. The normalized spacial score (nSPS) is 12.4. The van der Waals surface area contributed by atoms with Gasteiger partial charge in [-0.2, -0.15) is 4.98 Å². The topological polar surface area (TPSA) is 127 Å². The number of rotatable bonds is 6. The number of hydrogen-bond acceptors (Lipinski definition) is 8. The highest BCUT2D eigenvalue weighted by Gasteiger charge is 2.24. The number of carbonyl (C=O) groups excluding carboxylic acids is 1. The van der Waals surface area contributed by atoms with Crippen LogP contribution in [0.5, 0.6) is 0 Å². The molecule has 3 aromatic heterocycles. The molecule has 1 atom stereocenters. The highest BCUT2D eigenvalue weighted by atomic mass is 16.5. The van der Waals surface area contributed by atoms with Gasteiger partial charge < -0.3 is 14.9 Å². The standard InChI is InChI=1S/C23H22N6O3/c1-14(15-7-6-8-16(11-15)19-28-22(32-29-19)23(2,3)31)27-21(30)17-12-25-20(26-13-17)18-9-4-5-10-24-18/h4-14,31H,1-3H3,(H,27,30). The molecule has 1 unspecified atom stereocenters. The van der Waals surface area contributed by atoms with Crippen molar-refractivity contribution in [2.75, 3.05) is 0 Å². The van der Waals surface area contributed by atoms with Gasteiger partial charge in [0.1, 0.15) is 11.3 Å². The fraction of sp³-hybridized carbons (Fsp3) is 0.217. The third-order valence-corrected chi connectivity index (χ3v) is 4.75. The van der Waals surface area contributed by atoms with E-state index >= 15 is 0 Å². The Kier molecular flexibility index (Phi) is 5.74. The lowest BCUT2D eigenvalue weighted by Crippen LogP contribution is -2.27. The molecule has 0 radical (unpaired) electrons. The summed E-state index contributed by atoms with van der Waals surface area (Å²) in [5.74, 6) is 0.655. The van der Waals surface area contributed by atoms with E-state index in [9.17, 15) is 9.90 Å². The first kappa shape index (κ1) is 21.3. The zero-order valence-electron chi connectivity index (χ0n) is 17.9. The summed E-state index contributed by atoms with van der Waals surface area (Å²) in [5.41, 5.74) is 1.33. The molecule has 0 aliphatic rings. The van der Waals surface area contributed by atoms with Crippen molar-refractivity contribution in [2.24, 2.45) is 0 Å². The van der Waals surface area contributed by atoms with Gasteiger partial charge in [0.05, 0.1) is 11.6 Å². The van der Waals surface area contributed by atoms with Gasteiger partial charge >= 0.3 is 0 Å². The van der Waals surface area contributed by atoms with Crippen LogP contribution in [0.3, 0.4) is 0 Å². The van der Waals surface area contributed by atoms with Crippen LogP contribution in [-0.4, -0.2) is 36.1 Å². The zero-order chi connectivity index (χ0) is 22.7. The molecule has 0 spiro atoms. The minimum atomic E-state index is -1.22. The molecule has 9 heteroatoms. The van der Waals surface area contributed by atoms with Crippen LogP contribution >= 0.6 is 0 Å². The van der Waals surface area contributed by atoms with Crippen LogP contribution in [-0.2, 0) is 5.60 Å². The average molecular weight is 430 g/mol. The molecule has 0 fully saturated rings. The van der Waals surface area contributed by atoms with Gasteiger partial charge in [-0.1, -0.05) is 29.4 Å². The lowest BCUT2D eigenvalue weighted by Gasteiger charge is -2.15. The fourth-order valence-electron chi connectivity index (χ4n) is 2.97. The van der Waals surface area contributed by atoms with Crippen LogP contribution in [0.25, 0.3) is 22.9 Å². The van der Waals surface area contributed by atoms with Gasteiger partial charge in [-0.25, -0.2) is 9.97 Å². The first-order chi connectivity index (χ1) is 15.3. The summed E-state index contributed by atoms with van der Waals surface area (Å²) >= 11 is 0. The van der Waals surface area contributed by atoms with Crippen LogP contribution in [0.1, 0.15) is 48.6 Å². The third-order valence-electron chi connectivity index (χ3n) is 4.75. The van der Waals surface area contributed by atoms with Crippen LogP contribution in [0, 0.1) is 0 Å². The smallest absolute Gasteiger partial charge is 0.258 e. The van der Waals surface area contributed by atoms with E-state index in [2.05, 4.69) is 30.4 Å². The van der Waals surface area contributed by atoms with Gasteiger partial charge in [0, 0.05) is 24.2 Å². The molecule has 0 aliphatic heterocycles. The van der Waals surface area contributed by atoms with E-state index in [1.165, 1.54) is 12.4 Å². The van der Waals surface area contributed by atoms with Gasteiger partial charge in [-0.3, -0.25) is 9.78 Å². The number of benzene rings is 1. The number of aliphatic hydroxyl groups is 1. The minimum absolute atomic E-state index is 0.133. The fourth-order valence-corrected chi connectivity index (χ4v) is 2.97. The Labute approximate surface area is 184 Å². The summed E-state index contributed by atoms with van der Waals surface area (Å²) < 4.78 is 5.15. The molecule has 2 N–H and O–H groups in total. The predicted octanol–water partition coefficient (Wildman–Crippen LogP) is 3.31. The summed E-state index contributed by atoms with van der Waals surface area (Å²) in [5, 5.41) is 16.9. The van der Waals surface area contributed by atoms with Gasteiger partial charge in [0.15, 0.2) is 5.82 Å². The summed E-state index contributed by atoms with van der Waals surface area (Å²) in [7, 11) is 0. The highest BCUT2D eigenvalue weighted by Crippen LogP contribution is 2.24. The van der Waals surface area contributed by atoms with Gasteiger partial charge in [-0.05, 0) is 44.5 Å². The molecule has 3 heterocycles. The van der Waals surface area contributed by atoms with Crippen molar-refractivity contribution in [2.45, 2.75) is 32.4 Å². The molecule has 1 aromatic carbocycles. The summed E-state index contributed by atoms with van der Waals surface area (Å²) in [6, 6.07) is 12.6. The Hall–Kier alpha value is -3.98. The van der Waals surface area contributed by atoms with Crippen LogP contribution < -0.4 is 5.32 Å². The number of nitrogens with one attached hydrogen (secondary N) is 1. The van der Waals surface area contributed by atoms with E-state index in [4.69, 9.17) is 4.52 Å². The molecule has 162 valence electrons. The van der Waals surface area contributed by atoms with Crippen molar-refractivity contribution in [1.29, 1.82) is 0 Å². The number of aromatic nitrogens is 5. The molecule has 0 bridgehead atoms. The first-order valence-electron chi connectivity index (χ1n) is 10.0. The number of amides is 1. The molecule has 4 aromatic rings. The van der Waals surface area contributed by atoms with Gasteiger partial charge in [0.2, 0.25) is 5.82 Å². The Morgan fingerprint density at radius 2 is 1.84 bits per heavy atom. The monoisotopic (exact) mass is 430 g/mol. The molecule has 32 heavy (non-hydrogen) atoms. The molecular weight excluding hydrogens is 408 g/mol. The zero-order valence-corrected chi connectivity index (χ0v) is 17.9. The maximum atomic E-state index is 12.7. The lowest BCUT2D eigenvalue weighted by molar-refractivity contribution is 0.0420. The van der Waals surface area contributed by atoms with Crippen molar-refractivity contribution in [3.8, 4) is 22.9 Å². The Balaban J connectivity index is 1.47. The number of pyridine rings is 1. The Morgan fingerprint density at radius 1 is 1.06 bits per heavy atom. The van der Waals surface area contributed by atoms with E-state index in [1.807, 2.05) is 43.3 Å². The Morgan fingerprint density at radius 3 is 2.50 bits per heavy atom. The second kappa shape index (κ2) is 8.64. The first-order valence-corrected chi connectivity index (χ1v) is 10.0. The van der Waals surface area contributed by atoms with Crippen LogP contribution in [0.15, 0.2) is 65.6 Å². The van der Waals surface area contributed by atoms with E-state index in [1.54, 1.807) is 26.1 Å². The summed E-state index contributed by atoms with van der Waals surface area (Å²) in [4.78, 5) is 29.6. The van der Waals surface area contributed by atoms with Gasteiger partial charge in [0.25, 0.3) is 11.8 Å². The molecule has 1 amide bonds. The van der Waals surface area contributed by atoms with Crippen molar-refractivity contribution >= 4 is 5.91 Å². The molecule has 4 rings (SSSR count). The molecule has 0 saturated carbocycles. The molecule has 0 aliphatic carbocycles. The average Bonchev–Trinajstić information content (AvgIpc) is 3.31. The second-order valence-corrected chi connectivity index (χ2v) is 7.81. The van der Waals surface area contributed by atoms with Crippen molar-refractivity contribution in [3.05, 3.63) is 78.1 Å². The van der Waals surface area contributed by atoms with E-state index < -0.39 is 5.60 Å². The van der Waals surface area contributed by atoms with Crippen LogP contribution in [0.4, 0.5) is 0 Å². The minimum Gasteiger partial charge on any atom is -0.381 e. The molecular formula is C23H22N6O3. The maximum absolute atomic E-state index is 12.7. The lowest BCUT2D eigenvalue weighted by atomic mass is 10.0. The molecule has 9 nitrogen and oxygen atoms in total. The van der Waals surface area contributed by atoms with Crippen molar-refractivity contribution in [3.63, 3.8) is 0 Å². The second-order valence-electron chi connectivity index (χ2n) is 7.81. The SMILES string of the molecule is CC(NC(=O)c1cnc(-c2ccccn2)nc1)c1cccc(-c2noc(C(C)(C)O)n2)c1. The quantitative estimate of drug-likeness (QED) is 0.477. The van der Waals surface area contributed by atoms with Crippen molar-refractivity contribution < 1.29 is 14.4 Å². The predicted molar refractivity (Wildman–Crippen MR) is 116 cm³/mol. The van der Waals surface area contributed by atoms with E-state index in [0.29, 0.717) is 28.5 Å². The Bertz CT molecular complexity index is 1220. The van der Waals surface area contributed by atoms with Crippen molar-refractivity contribution in [1.82, 2.24) is 30.4 Å². The summed E-state index contributed by atoms with van der Waals surface area (Å²) in [6.07, 6.45) is 4.62. The van der Waals surface area contributed by atoms with E-state index in [0.717, 1.165) is 5.56 Å². The third kappa shape index (κ3) is 4.68. The summed E-state index contributed by atoms with van der Waals surface area (Å²) in [6.45, 7) is 5.02. The maximum Gasteiger partial charge on any atom is 0.258 e. The largest absolute Gasteiger partial charge is 0.381 e. The van der Waals surface area contributed by atoms with Crippen LogP contribution in [0.2, 0.25) is 0 Å². The highest BCUT2D eigenvalue weighted by molar-refractivity contribution is 5.94.